The number of thiazole rings is 1. The van der Waals surface area contributed by atoms with Gasteiger partial charge in [-0.3, -0.25) is 14.1 Å². The molecule has 0 atom stereocenters. The topological polar surface area (TPSA) is 75.4 Å². The van der Waals surface area contributed by atoms with Crippen molar-refractivity contribution in [3.8, 4) is 11.3 Å². The minimum atomic E-state index is -0.0174. The van der Waals surface area contributed by atoms with Crippen LogP contribution in [0.2, 0.25) is 0 Å². The smallest absolute Gasteiger partial charge is 0.240 e. The molecule has 1 fully saturated rings. The van der Waals surface area contributed by atoms with Crippen molar-refractivity contribution in [3.05, 3.63) is 65.4 Å². The van der Waals surface area contributed by atoms with Crippen LogP contribution in [0.4, 0.5) is 5.13 Å². The van der Waals surface area contributed by atoms with Crippen molar-refractivity contribution in [2.45, 2.75) is 25.7 Å². The highest BCUT2D eigenvalue weighted by molar-refractivity contribution is 7.14. The van der Waals surface area contributed by atoms with Gasteiger partial charge in [0.1, 0.15) is 5.82 Å². The lowest BCUT2D eigenvalue weighted by Crippen LogP contribution is -2.39. The SMILES string of the molecule is Cc1ccc(-c2csc(NC(=O)CN3CCC(c4nnc5ccccn45)CC3)n2)cc1. The predicted octanol–water partition coefficient (Wildman–Crippen LogP) is 3.98. The summed E-state index contributed by atoms with van der Waals surface area (Å²) in [6.45, 7) is 4.18. The number of hydrogen-bond acceptors (Lipinski definition) is 6. The predicted molar refractivity (Wildman–Crippen MR) is 122 cm³/mol. The molecule has 31 heavy (non-hydrogen) atoms. The summed E-state index contributed by atoms with van der Waals surface area (Å²) in [4.78, 5) is 19.3. The number of rotatable bonds is 5. The highest BCUT2D eigenvalue weighted by Crippen LogP contribution is 2.28. The Labute approximate surface area is 184 Å². The zero-order chi connectivity index (χ0) is 21.2. The van der Waals surface area contributed by atoms with Crippen molar-refractivity contribution in [3.63, 3.8) is 0 Å². The first kappa shape index (κ1) is 19.8. The van der Waals surface area contributed by atoms with Gasteiger partial charge >= 0.3 is 0 Å². The fourth-order valence-electron chi connectivity index (χ4n) is 4.04. The number of amides is 1. The molecule has 1 amide bonds. The maximum Gasteiger partial charge on any atom is 0.240 e. The molecule has 4 heterocycles. The van der Waals surface area contributed by atoms with Crippen LogP contribution in [0.25, 0.3) is 16.9 Å². The number of nitrogens with zero attached hydrogens (tertiary/aromatic N) is 5. The van der Waals surface area contributed by atoms with Crippen molar-refractivity contribution in [1.29, 1.82) is 0 Å². The Morgan fingerprint density at radius 1 is 1.13 bits per heavy atom. The van der Waals surface area contributed by atoms with E-state index >= 15 is 0 Å². The summed E-state index contributed by atoms with van der Waals surface area (Å²) in [5.74, 6) is 1.37. The van der Waals surface area contributed by atoms with Gasteiger partial charge < -0.3 is 5.32 Å². The lowest BCUT2D eigenvalue weighted by Gasteiger charge is -2.30. The zero-order valence-electron chi connectivity index (χ0n) is 17.4. The summed E-state index contributed by atoms with van der Waals surface area (Å²) in [7, 11) is 0. The summed E-state index contributed by atoms with van der Waals surface area (Å²) in [5, 5.41) is 14.2. The number of pyridine rings is 1. The van der Waals surface area contributed by atoms with Crippen LogP contribution in [0, 0.1) is 6.92 Å². The Bertz CT molecular complexity index is 1190. The molecule has 0 unspecified atom stereocenters. The quantitative estimate of drug-likeness (QED) is 0.516. The highest BCUT2D eigenvalue weighted by Gasteiger charge is 2.25. The number of hydrogen-bond donors (Lipinski definition) is 1. The first-order valence-corrected chi connectivity index (χ1v) is 11.4. The molecule has 0 saturated carbocycles. The molecule has 1 aromatic carbocycles. The van der Waals surface area contributed by atoms with E-state index in [1.54, 1.807) is 0 Å². The van der Waals surface area contributed by atoms with Gasteiger partial charge in [0.05, 0.1) is 12.2 Å². The largest absolute Gasteiger partial charge is 0.301 e. The molecule has 0 radical (unpaired) electrons. The lowest BCUT2D eigenvalue weighted by atomic mass is 9.96. The number of aromatic nitrogens is 4. The normalized spacial score (nSPS) is 15.4. The second kappa shape index (κ2) is 8.56. The molecule has 1 aliphatic heterocycles. The van der Waals surface area contributed by atoms with E-state index in [4.69, 9.17) is 0 Å². The van der Waals surface area contributed by atoms with Gasteiger partial charge in [-0.05, 0) is 45.0 Å². The van der Waals surface area contributed by atoms with Gasteiger partial charge in [-0.1, -0.05) is 35.9 Å². The van der Waals surface area contributed by atoms with E-state index in [0.717, 1.165) is 48.7 Å². The average molecular weight is 433 g/mol. The van der Waals surface area contributed by atoms with Crippen LogP contribution in [0.3, 0.4) is 0 Å². The van der Waals surface area contributed by atoms with Gasteiger partial charge in [-0.15, -0.1) is 21.5 Å². The van der Waals surface area contributed by atoms with E-state index in [1.807, 2.05) is 29.8 Å². The van der Waals surface area contributed by atoms with Crippen LogP contribution >= 0.6 is 11.3 Å². The fourth-order valence-corrected chi connectivity index (χ4v) is 4.77. The third-order valence-electron chi connectivity index (χ3n) is 5.76. The lowest BCUT2D eigenvalue weighted by molar-refractivity contribution is -0.117. The second-order valence-electron chi connectivity index (χ2n) is 7.99. The molecule has 0 aliphatic carbocycles. The fraction of sp³-hybridized carbons (Fsp3) is 0.304. The Morgan fingerprint density at radius 2 is 1.94 bits per heavy atom. The van der Waals surface area contributed by atoms with Gasteiger partial charge in [0.25, 0.3) is 0 Å². The summed E-state index contributed by atoms with van der Waals surface area (Å²) >= 11 is 1.46. The van der Waals surface area contributed by atoms with E-state index < -0.39 is 0 Å². The van der Waals surface area contributed by atoms with Crippen molar-refractivity contribution in [1.82, 2.24) is 24.5 Å². The van der Waals surface area contributed by atoms with E-state index in [1.165, 1.54) is 16.9 Å². The second-order valence-corrected chi connectivity index (χ2v) is 8.85. The van der Waals surface area contributed by atoms with Gasteiger partial charge in [-0.2, -0.15) is 0 Å². The molecule has 1 aliphatic rings. The van der Waals surface area contributed by atoms with Crippen LogP contribution in [-0.2, 0) is 4.79 Å². The van der Waals surface area contributed by atoms with E-state index in [9.17, 15) is 4.79 Å². The number of anilines is 1. The molecule has 158 valence electrons. The van der Waals surface area contributed by atoms with Gasteiger partial charge in [0, 0.05) is 23.1 Å². The number of carbonyl (C=O) groups is 1. The number of aryl methyl sites for hydroxylation is 1. The maximum atomic E-state index is 12.5. The van der Waals surface area contributed by atoms with E-state index in [-0.39, 0.29) is 5.91 Å². The summed E-state index contributed by atoms with van der Waals surface area (Å²) in [6, 6.07) is 14.2. The Hall–Kier alpha value is -3.10. The van der Waals surface area contributed by atoms with E-state index in [0.29, 0.717) is 17.6 Å². The Kier molecular flexibility index (Phi) is 5.48. The van der Waals surface area contributed by atoms with Crippen molar-refractivity contribution in [2.24, 2.45) is 0 Å². The third kappa shape index (κ3) is 4.35. The molecular weight excluding hydrogens is 408 g/mol. The molecule has 8 heteroatoms. The molecule has 1 saturated heterocycles. The molecule has 1 N–H and O–H groups in total. The number of likely N-dealkylation sites (tertiary alicyclic amines) is 1. The minimum Gasteiger partial charge on any atom is -0.301 e. The van der Waals surface area contributed by atoms with Crippen LogP contribution < -0.4 is 5.32 Å². The molecular formula is C23H24N6OS. The molecule has 7 nitrogen and oxygen atoms in total. The zero-order valence-corrected chi connectivity index (χ0v) is 18.2. The summed E-state index contributed by atoms with van der Waals surface area (Å²) in [5.41, 5.74) is 4.05. The number of nitrogens with one attached hydrogen (secondary N) is 1. The molecule has 4 aromatic rings. The number of fused-ring (bicyclic) bond motifs is 1. The molecule has 0 spiro atoms. The number of benzene rings is 1. The molecule has 3 aromatic heterocycles. The monoisotopic (exact) mass is 432 g/mol. The number of carbonyl (C=O) groups excluding carboxylic acids is 1. The highest BCUT2D eigenvalue weighted by atomic mass is 32.1. The van der Waals surface area contributed by atoms with Crippen LogP contribution in [-0.4, -0.2) is 50.0 Å². The maximum absolute atomic E-state index is 12.5. The molecule has 5 rings (SSSR count). The van der Waals surface area contributed by atoms with Crippen molar-refractivity contribution in [2.75, 3.05) is 25.0 Å². The first-order chi connectivity index (χ1) is 15.2. The van der Waals surface area contributed by atoms with Crippen LogP contribution in [0.1, 0.15) is 30.1 Å². The average Bonchev–Trinajstić information content (AvgIpc) is 3.42. The Balaban J connectivity index is 1.15. The van der Waals surface area contributed by atoms with Crippen molar-refractivity contribution < 1.29 is 4.79 Å². The van der Waals surface area contributed by atoms with Crippen molar-refractivity contribution >= 4 is 28.0 Å². The van der Waals surface area contributed by atoms with Crippen LogP contribution in [0.15, 0.2) is 54.0 Å². The first-order valence-electron chi connectivity index (χ1n) is 10.5. The third-order valence-corrected chi connectivity index (χ3v) is 6.52. The van der Waals surface area contributed by atoms with Crippen LogP contribution in [0.5, 0.6) is 0 Å². The summed E-state index contributed by atoms with van der Waals surface area (Å²) in [6.07, 6.45) is 3.96. The van der Waals surface area contributed by atoms with Gasteiger partial charge in [-0.25, -0.2) is 4.98 Å². The van der Waals surface area contributed by atoms with Gasteiger partial charge in [0.15, 0.2) is 10.8 Å². The Morgan fingerprint density at radius 3 is 2.74 bits per heavy atom. The summed E-state index contributed by atoms with van der Waals surface area (Å²) < 4.78 is 2.07. The number of piperidine rings is 1. The standard InChI is InChI=1S/C23H24N6OS/c1-16-5-7-17(8-6-16)19-15-31-23(24-19)25-21(30)14-28-12-9-18(10-13-28)22-27-26-20-4-2-3-11-29(20)22/h2-8,11,15,18H,9-10,12-14H2,1H3,(H,24,25,30). The minimum absolute atomic E-state index is 0.0174. The van der Waals surface area contributed by atoms with Gasteiger partial charge in [0.2, 0.25) is 5.91 Å². The molecule has 0 bridgehead atoms. The van der Waals surface area contributed by atoms with E-state index in [2.05, 4.69) is 61.0 Å².